The van der Waals surface area contributed by atoms with Gasteiger partial charge < -0.3 is 15.0 Å². The Labute approximate surface area is 149 Å². The van der Waals surface area contributed by atoms with E-state index in [2.05, 4.69) is 5.32 Å². The second-order valence-electron chi connectivity index (χ2n) is 6.03. The Hall–Kier alpha value is -1.31. The van der Waals surface area contributed by atoms with Crippen LogP contribution in [0.15, 0.2) is 24.3 Å². The minimum Gasteiger partial charge on any atom is -0.497 e. The van der Waals surface area contributed by atoms with Gasteiger partial charge in [0.05, 0.1) is 7.11 Å². The van der Waals surface area contributed by atoms with Crippen molar-refractivity contribution in [2.75, 3.05) is 33.5 Å². The molecule has 6 nitrogen and oxygen atoms in total. The topological polar surface area (TPSA) is 75.7 Å². The van der Waals surface area contributed by atoms with Gasteiger partial charge in [-0.05, 0) is 43.6 Å². The van der Waals surface area contributed by atoms with Crippen molar-refractivity contribution in [1.82, 2.24) is 10.2 Å². The first-order valence-electron chi connectivity index (χ1n) is 7.59. The number of benzene rings is 1. The van der Waals surface area contributed by atoms with Gasteiger partial charge in [-0.2, -0.15) is 0 Å². The van der Waals surface area contributed by atoms with Crippen LogP contribution >= 0.6 is 12.4 Å². The number of rotatable bonds is 5. The van der Waals surface area contributed by atoms with Crippen molar-refractivity contribution in [1.29, 1.82) is 0 Å². The third-order valence-corrected chi connectivity index (χ3v) is 6.44. The maximum atomic E-state index is 12.9. The molecular weight excluding hydrogens is 352 g/mol. The molecule has 24 heavy (non-hydrogen) atoms. The number of carbonyl (C=O) groups excluding carboxylic acids is 1. The van der Waals surface area contributed by atoms with E-state index in [1.54, 1.807) is 14.2 Å². The predicted molar refractivity (Wildman–Crippen MR) is 96.4 cm³/mol. The number of halogens is 1. The van der Waals surface area contributed by atoms with Crippen LogP contribution in [0.5, 0.6) is 5.75 Å². The lowest BCUT2D eigenvalue weighted by molar-refractivity contribution is -0.134. The zero-order valence-corrected chi connectivity index (χ0v) is 15.9. The minimum absolute atomic E-state index is 0. The molecule has 136 valence electrons. The van der Waals surface area contributed by atoms with E-state index < -0.39 is 14.6 Å². The summed E-state index contributed by atoms with van der Waals surface area (Å²) in [4.78, 5) is 14.4. The number of methoxy groups -OCH3 is 1. The van der Waals surface area contributed by atoms with Crippen LogP contribution in [0.3, 0.4) is 0 Å². The van der Waals surface area contributed by atoms with Crippen LogP contribution in [0.25, 0.3) is 0 Å². The molecule has 1 heterocycles. The quantitative estimate of drug-likeness (QED) is 0.836. The second-order valence-corrected chi connectivity index (χ2v) is 8.35. The number of piperidine rings is 1. The smallest absolute Gasteiger partial charge is 0.244 e. The number of hydrogen-bond acceptors (Lipinski definition) is 5. The zero-order chi connectivity index (χ0) is 17.1. The van der Waals surface area contributed by atoms with Gasteiger partial charge in [-0.3, -0.25) is 4.79 Å². The van der Waals surface area contributed by atoms with Crippen LogP contribution in [0, 0.1) is 0 Å². The standard InChI is InChI=1S/C16H24N2O4S.ClH/c1-18(12-13-4-6-14(22-2)7-5-13)15(19)16(23(3,20)21)8-10-17-11-9-16;/h4-7,17H,8-12H2,1-3H3;1H. The molecule has 1 N–H and O–H groups in total. The summed E-state index contributed by atoms with van der Waals surface area (Å²) in [6.45, 7) is 1.44. The van der Waals surface area contributed by atoms with Gasteiger partial charge in [-0.1, -0.05) is 12.1 Å². The van der Waals surface area contributed by atoms with E-state index in [0.29, 0.717) is 32.5 Å². The molecule has 1 amide bonds. The van der Waals surface area contributed by atoms with Crippen LogP contribution in [0.1, 0.15) is 18.4 Å². The van der Waals surface area contributed by atoms with Crippen molar-refractivity contribution in [2.24, 2.45) is 0 Å². The lowest BCUT2D eigenvalue weighted by Crippen LogP contribution is -2.57. The third-order valence-electron chi connectivity index (χ3n) is 4.44. The molecule has 0 radical (unpaired) electrons. The lowest BCUT2D eigenvalue weighted by Gasteiger charge is -2.37. The van der Waals surface area contributed by atoms with Gasteiger partial charge >= 0.3 is 0 Å². The Morgan fingerprint density at radius 2 is 1.79 bits per heavy atom. The molecule has 0 spiro atoms. The van der Waals surface area contributed by atoms with Crippen LogP contribution in [-0.4, -0.2) is 57.5 Å². The molecular formula is C16H25ClN2O4S. The monoisotopic (exact) mass is 376 g/mol. The fourth-order valence-electron chi connectivity index (χ4n) is 3.00. The summed E-state index contributed by atoms with van der Waals surface area (Å²) in [6.07, 6.45) is 1.80. The van der Waals surface area contributed by atoms with Gasteiger partial charge in [0.1, 0.15) is 5.75 Å². The summed E-state index contributed by atoms with van der Waals surface area (Å²) in [7, 11) is -0.237. The van der Waals surface area contributed by atoms with Crippen molar-refractivity contribution >= 4 is 28.2 Å². The molecule has 0 aliphatic carbocycles. The number of sulfone groups is 1. The van der Waals surface area contributed by atoms with E-state index in [1.165, 1.54) is 4.90 Å². The molecule has 1 aromatic rings. The highest BCUT2D eigenvalue weighted by atomic mass is 35.5. The summed E-state index contributed by atoms with van der Waals surface area (Å²) in [5, 5.41) is 3.12. The normalized spacial score (nSPS) is 16.8. The van der Waals surface area contributed by atoms with Crippen molar-refractivity contribution in [3.8, 4) is 5.75 Å². The van der Waals surface area contributed by atoms with Gasteiger partial charge in [-0.25, -0.2) is 8.42 Å². The summed E-state index contributed by atoms with van der Waals surface area (Å²) in [5.41, 5.74) is 0.930. The van der Waals surface area contributed by atoms with Crippen LogP contribution in [0.2, 0.25) is 0 Å². The summed E-state index contributed by atoms with van der Waals surface area (Å²) < 4.78 is 28.4. The van der Waals surface area contributed by atoms with E-state index >= 15 is 0 Å². The van der Waals surface area contributed by atoms with Crippen LogP contribution in [0.4, 0.5) is 0 Å². The molecule has 1 saturated heterocycles. The van der Waals surface area contributed by atoms with Gasteiger partial charge in [0.15, 0.2) is 14.6 Å². The summed E-state index contributed by atoms with van der Waals surface area (Å²) >= 11 is 0. The van der Waals surface area contributed by atoms with Gasteiger partial charge in [0, 0.05) is 19.8 Å². The zero-order valence-electron chi connectivity index (χ0n) is 14.2. The summed E-state index contributed by atoms with van der Waals surface area (Å²) in [6, 6.07) is 7.39. The van der Waals surface area contributed by atoms with E-state index in [1.807, 2.05) is 24.3 Å². The van der Waals surface area contributed by atoms with Crippen molar-refractivity contribution in [3.63, 3.8) is 0 Å². The van der Waals surface area contributed by atoms with Gasteiger partial charge in [-0.15, -0.1) is 12.4 Å². The lowest BCUT2D eigenvalue weighted by atomic mass is 9.95. The molecule has 1 aliphatic heterocycles. The average molecular weight is 377 g/mol. The number of amides is 1. The Balaban J connectivity index is 0.00000288. The first-order valence-corrected chi connectivity index (χ1v) is 9.48. The maximum Gasteiger partial charge on any atom is 0.244 e. The Morgan fingerprint density at radius 1 is 1.25 bits per heavy atom. The summed E-state index contributed by atoms with van der Waals surface area (Å²) in [5.74, 6) is 0.422. The number of hydrogen-bond donors (Lipinski definition) is 1. The molecule has 0 atom stereocenters. The highest BCUT2D eigenvalue weighted by Gasteiger charge is 2.49. The Bertz CT molecular complexity index is 655. The molecule has 0 aromatic heterocycles. The second kappa shape index (κ2) is 8.18. The molecule has 8 heteroatoms. The first-order chi connectivity index (χ1) is 10.8. The first kappa shape index (κ1) is 20.7. The van der Waals surface area contributed by atoms with Gasteiger partial charge in [0.25, 0.3) is 0 Å². The van der Waals surface area contributed by atoms with Crippen molar-refractivity contribution < 1.29 is 17.9 Å². The predicted octanol–water partition coefficient (Wildman–Crippen LogP) is 1.24. The molecule has 1 aromatic carbocycles. The van der Waals surface area contributed by atoms with E-state index in [9.17, 15) is 13.2 Å². The molecule has 0 unspecified atom stereocenters. The Kier molecular flexibility index (Phi) is 7.07. The van der Waals surface area contributed by atoms with E-state index in [0.717, 1.165) is 17.6 Å². The van der Waals surface area contributed by atoms with E-state index in [4.69, 9.17) is 4.74 Å². The molecule has 1 fully saturated rings. The molecule has 0 bridgehead atoms. The van der Waals surface area contributed by atoms with E-state index in [-0.39, 0.29) is 18.3 Å². The van der Waals surface area contributed by atoms with Gasteiger partial charge in [0.2, 0.25) is 5.91 Å². The fourth-order valence-corrected chi connectivity index (χ4v) is 4.42. The van der Waals surface area contributed by atoms with Crippen molar-refractivity contribution in [2.45, 2.75) is 24.1 Å². The van der Waals surface area contributed by atoms with Crippen LogP contribution in [-0.2, 0) is 21.2 Å². The number of nitrogens with one attached hydrogen (secondary N) is 1. The van der Waals surface area contributed by atoms with Crippen LogP contribution < -0.4 is 10.1 Å². The minimum atomic E-state index is -3.49. The Morgan fingerprint density at radius 3 is 2.25 bits per heavy atom. The largest absolute Gasteiger partial charge is 0.497 e. The van der Waals surface area contributed by atoms with Crippen molar-refractivity contribution in [3.05, 3.63) is 29.8 Å². The molecule has 2 rings (SSSR count). The maximum absolute atomic E-state index is 12.9. The average Bonchev–Trinajstić information content (AvgIpc) is 2.54. The number of carbonyl (C=O) groups is 1. The number of nitrogens with zero attached hydrogens (tertiary/aromatic N) is 1. The third kappa shape index (κ3) is 4.20. The fraction of sp³-hybridized carbons (Fsp3) is 0.562. The molecule has 1 aliphatic rings. The molecule has 0 saturated carbocycles. The number of ether oxygens (including phenoxy) is 1. The SMILES string of the molecule is COc1ccc(CN(C)C(=O)C2(S(C)(=O)=O)CCNCC2)cc1.Cl. The highest BCUT2D eigenvalue weighted by Crippen LogP contribution is 2.30. The highest BCUT2D eigenvalue weighted by molar-refractivity contribution is 7.92.